The quantitative estimate of drug-likeness (QED) is 0.923. The Labute approximate surface area is 143 Å². The summed E-state index contributed by atoms with van der Waals surface area (Å²) in [5.41, 5.74) is 1.20. The number of carboxylic acids is 1. The van der Waals surface area contributed by atoms with Gasteiger partial charge in [-0.2, -0.15) is 8.78 Å². The molecule has 1 amide bonds. The number of alkyl halides is 2. The van der Waals surface area contributed by atoms with Crippen molar-refractivity contribution in [3.8, 4) is 0 Å². The molecule has 1 aliphatic rings. The molecule has 2 atom stereocenters. The Morgan fingerprint density at radius 2 is 1.64 bits per heavy atom. The average Bonchev–Trinajstić information content (AvgIpc) is 2.60. The fourth-order valence-electron chi connectivity index (χ4n) is 3.26. The summed E-state index contributed by atoms with van der Waals surface area (Å²) in [6.07, 6.45) is -0.994. The number of nitrogens with zero attached hydrogens (tertiary/aromatic N) is 1. The Bertz CT molecular complexity index is 765. The molecule has 1 aliphatic heterocycles. The zero-order valence-corrected chi connectivity index (χ0v) is 13.3. The molecule has 1 N–H and O–H groups in total. The SMILES string of the molecule is O=C(O)C1CC(F)(F)C(=O)N(Cc2ccccc2)C1c1ccccc1. The highest BCUT2D eigenvalue weighted by Gasteiger charge is 2.55. The van der Waals surface area contributed by atoms with E-state index in [2.05, 4.69) is 0 Å². The predicted octanol–water partition coefficient (Wildman–Crippen LogP) is 3.50. The molecule has 2 unspecified atom stereocenters. The minimum absolute atomic E-state index is 0.0708. The summed E-state index contributed by atoms with van der Waals surface area (Å²) >= 11 is 0. The van der Waals surface area contributed by atoms with Crippen LogP contribution in [-0.4, -0.2) is 27.8 Å². The Balaban J connectivity index is 2.06. The number of carboxylic acid groups (broad SMARTS) is 1. The highest BCUT2D eigenvalue weighted by Crippen LogP contribution is 2.44. The molecule has 6 heteroatoms. The Hall–Kier alpha value is -2.76. The summed E-state index contributed by atoms with van der Waals surface area (Å²) in [6, 6.07) is 16.2. The van der Waals surface area contributed by atoms with Crippen LogP contribution in [-0.2, 0) is 16.1 Å². The first-order valence-corrected chi connectivity index (χ1v) is 7.91. The zero-order valence-electron chi connectivity index (χ0n) is 13.3. The van der Waals surface area contributed by atoms with Gasteiger partial charge in [-0.25, -0.2) is 0 Å². The van der Waals surface area contributed by atoms with Crippen molar-refractivity contribution in [2.24, 2.45) is 5.92 Å². The van der Waals surface area contributed by atoms with Crippen LogP contribution in [0.1, 0.15) is 23.6 Å². The van der Waals surface area contributed by atoms with Gasteiger partial charge in [-0.1, -0.05) is 60.7 Å². The number of halogens is 2. The molecule has 1 fully saturated rings. The van der Waals surface area contributed by atoms with E-state index in [-0.39, 0.29) is 6.54 Å². The summed E-state index contributed by atoms with van der Waals surface area (Å²) < 4.78 is 28.4. The van der Waals surface area contributed by atoms with Crippen LogP contribution in [0.25, 0.3) is 0 Å². The summed E-state index contributed by atoms with van der Waals surface area (Å²) in [6.45, 7) is -0.0708. The third kappa shape index (κ3) is 3.38. The zero-order chi connectivity index (χ0) is 18.0. The van der Waals surface area contributed by atoms with Crippen LogP contribution in [0.15, 0.2) is 60.7 Å². The standard InChI is InChI=1S/C19H17F2NO3/c20-19(21)11-15(17(23)24)16(14-9-5-2-6-10-14)22(18(19)25)12-13-7-3-1-4-8-13/h1-10,15-16H,11-12H2,(H,23,24). The van der Waals surface area contributed by atoms with Crippen LogP contribution < -0.4 is 0 Å². The summed E-state index contributed by atoms with van der Waals surface area (Å²) in [7, 11) is 0. The molecule has 0 radical (unpaired) electrons. The van der Waals surface area contributed by atoms with Gasteiger partial charge in [-0.3, -0.25) is 9.59 Å². The highest BCUT2D eigenvalue weighted by atomic mass is 19.3. The first-order chi connectivity index (χ1) is 11.9. The van der Waals surface area contributed by atoms with E-state index in [0.29, 0.717) is 11.1 Å². The van der Waals surface area contributed by atoms with Crippen molar-refractivity contribution in [2.45, 2.75) is 24.9 Å². The van der Waals surface area contributed by atoms with Crippen molar-refractivity contribution >= 4 is 11.9 Å². The van der Waals surface area contributed by atoms with E-state index in [9.17, 15) is 23.5 Å². The lowest BCUT2D eigenvalue weighted by Crippen LogP contribution is -2.54. The monoisotopic (exact) mass is 345 g/mol. The maximum Gasteiger partial charge on any atom is 0.325 e. The van der Waals surface area contributed by atoms with Crippen molar-refractivity contribution in [1.82, 2.24) is 4.90 Å². The van der Waals surface area contributed by atoms with Crippen molar-refractivity contribution in [2.75, 3.05) is 0 Å². The van der Waals surface area contributed by atoms with Crippen LogP contribution in [0.5, 0.6) is 0 Å². The Morgan fingerprint density at radius 3 is 2.20 bits per heavy atom. The van der Waals surface area contributed by atoms with Crippen LogP contribution in [0, 0.1) is 5.92 Å². The van der Waals surface area contributed by atoms with Gasteiger partial charge in [0.2, 0.25) is 0 Å². The molecule has 0 saturated carbocycles. The van der Waals surface area contributed by atoms with Crippen molar-refractivity contribution in [3.63, 3.8) is 0 Å². The number of likely N-dealkylation sites (tertiary alicyclic amines) is 1. The lowest BCUT2D eigenvalue weighted by atomic mass is 9.82. The lowest BCUT2D eigenvalue weighted by molar-refractivity contribution is -0.181. The number of aliphatic carboxylic acids is 1. The van der Waals surface area contributed by atoms with Crippen LogP contribution in [0.4, 0.5) is 8.78 Å². The van der Waals surface area contributed by atoms with Gasteiger partial charge in [0.05, 0.1) is 12.0 Å². The number of carbonyl (C=O) groups is 2. The van der Waals surface area contributed by atoms with Gasteiger partial charge in [0.1, 0.15) is 0 Å². The summed E-state index contributed by atoms with van der Waals surface area (Å²) in [5, 5.41) is 9.50. The van der Waals surface area contributed by atoms with Gasteiger partial charge in [0.25, 0.3) is 5.91 Å². The van der Waals surface area contributed by atoms with E-state index in [4.69, 9.17) is 0 Å². The topological polar surface area (TPSA) is 57.6 Å². The number of carbonyl (C=O) groups excluding carboxylic acids is 1. The second-order valence-electron chi connectivity index (χ2n) is 6.13. The van der Waals surface area contributed by atoms with Crippen LogP contribution in [0.3, 0.4) is 0 Å². The Morgan fingerprint density at radius 1 is 1.08 bits per heavy atom. The van der Waals surface area contributed by atoms with E-state index in [0.717, 1.165) is 4.90 Å². The maximum absolute atomic E-state index is 14.2. The Kier molecular flexibility index (Phi) is 4.53. The largest absolute Gasteiger partial charge is 0.481 e. The van der Waals surface area contributed by atoms with Gasteiger partial charge in [-0.05, 0) is 11.1 Å². The van der Waals surface area contributed by atoms with Gasteiger partial charge in [0, 0.05) is 13.0 Å². The van der Waals surface area contributed by atoms with Crippen LogP contribution >= 0.6 is 0 Å². The number of hydrogen-bond donors (Lipinski definition) is 1. The molecule has 2 aromatic rings. The number of amides is 1. The normalized spacial score (nSPS) is 22.6. The third-order valence-electron chi connectivity index (χ3n) is 4.42. The minimum Gasteiger partial charge on any atom is -0.481 e. The second-order valence-corrected chi connectivity index (χ2v) is 6.13. The van der Waals surface area contributed by atoms with E-state index in [1.165, 1.54) is 0 Å². The molecule has 2 aromatic carbocycles. The number of hydrogen-bond acceptors (Lipinski definition) is 2. The molecule has 25 heavy (non-hydrogen) atoms. The molecule has 4 nitrogen and oxygen atoms in total. The molecule has 1 heterocycles. The number of piperidine rings is 1. The van der Waals surface area contributed by atoms with Crippen molar-refractivity contribution in [1.29, 1.82) is 0 Å². The van der Waals surface area contributed by atoms with Crippen molar-refractivity contribution < 1.29 is 23.5 Å². The molecule has 1 saturated heterocycles. The lowest BCUT2D eigenvalue weighted by Gasteiger charge is -2.42. The van der Waals surface area contributed by atoms with E-state index in [1.54, 1.807) is 60.7 Å². The predicted molar refractivity (Wildman–Crippen MR) is 86.9 cm³/mol. The van der Waals surface area contributed by atoms with E-state index >= 15 is 0 Å². The minimum atomic E-state index is -3.69. The smallest absolute Gasteiger partial charge is 0.325 e. The highest BCUT2D eigenvalue weighted by molar-refractivity contribution is 5.87. The third-order valence-corrected chi connectivity index (χ3v) is 4.42. The molecule has 0 aromatic heterocycles. The number of benzene rings is 2. The van der Waals surface area contributed by atoms with Gasteiger partial charge >= 0.3 is 11.9 Å². The molecule has 130 valence electrons. The second kappa shape index (κ2) is 6.63. The van der Waals surface area contributed by atoms with Gasteiger partial charge in [0.15, 0.2) is 0 Å². The van der Waals surface area contributed by atoms with E-state index in [1.807, 2.05) is 0 Å². The number of rotatable bonds is 4. The molecule has 0 spiro atoms. The molecular weight excluding hydrogens is 328 g/mol. The first kappa shape index (κ1) is 17.1. The van der Waals surface area contributed by atoms with Crippen LogP contribution in [0.2, 0.25) is 0 Å². The average molecular weight is 345 g/mol. The molecule has 0 aliphatic carbocycles. The summed E-state index contributed by atoms with van der Waals surface area (Å²) in [4.78, 5) is 25.0. The molecular formula is C19H17F2NO3. The molecule has 3 rings (SSSR count). The van der Waals surface area contributed by atoms with Gasteiger partial charge < -0.3 is 10.0 Å². The van der Waals surface area contributed by atoms with Crippen molar-refractivity contribution in [3.05, 3.63) is 71.8 Å². The fourth-order valence-corrected chi connectivity index (χ4v) is 3.26. The first-order valence-electron chi connectivity index (χ1n) is 7.91. The van der Waals surface area contributed by atoms with Gasteiger partial charge in [-0.15, -0.1) is 0 Å². The van der Waals surface area contributed by atoms with E-state index < -0.39 is 36.2 Å². The summed E-state index contributed by atoms with van der Waals surface area (Å²) in [5.74, 6) is -7.73. The molecule has 0 bridgehead atoms. The fraction of sp³-hybridized carbons (Fsp3) is 0.263. The maximum atomic E-state index is 14.2.